The van der Waals surface area contributed by atoms with Crippen LogP contribution in [-0.4, -0.2) is 28.0 Å². The molecule has 2 N–H and O–H groups in total. The molecule has 1 aromatic heterocycles. The maximum absolute atomic E-state index is 9.48. The largest absolute Gasteiger partial charge is 0.392 e. The number of hydrogen-bond donors (Lipinski definition) is 2. The highest BCUT2D eigenvalue weighted by atomic mass is 32.2. The van der Waals surface area contributed by atoms with E-state index in [9.17, 15) is 5.11 Å². The van der Waals surface area contributed by atoms with Crippen LogP contribution in [0.5, 0.6) is 0 Å². The van der Waals surface area contributed by atoms with Gasteiger partial charge in [-0.05, 0) is 38.1 Å². The van der Waals surface area contributed by atoms with Gasteiger partial charge in [-0.15, -0.1) is 11.8 Å². The highest BCUT2D eigenvalue weighted by Crippen LogP contribution is 2.25. The Balaban J connectivity index is 2.72. The molecule has 96 valence electrons. The van der Waals surface area contributed by atoms with Gasteiger partial charge in [-0.2, -0.15) is 0 Å². The van der Waals surface area contributed by atoms with Gasteiger partial charge in [0.05, 0.1) is 11.1 Å². The van der Waals surface area contributed by atoms with Gasteiger partial charge in [0.15, 0.2) is 0 Å². The second kappa shape index (κ2) is 6.99. The summed E-state index contributed by atoms with van der Waals surface area (Å²) in [6.07, 6.45) is 1.51. The Morgan fingerprint density at radius 1 is 1.41 bits per heavy atom. The van der Waals surface area contributed by atoms with Gasteiger partial charge in [0, 0.05) is 17.5 Å². The fourth-order valence-electron chi connectivity index (χ4n) is 1.47. The Morgan fingerprint density at radius 3 is 2.71 bits per heavy atom. The molecule has 0 saturated carbocycles. The summed E-state index contributed by atoms with van der Waals surface area (Å²) in [7, 11) is 0. The molecule has 3 unspecified atom stereocenters. The van der Waals surface area contributed by atoms with Crippen LogP contribution in [0.1, 0.15) is 39.3 Å². The predicted molar refractivity (Wildman–Crippen MR) is 73.3 cm³/mol. The van der Waals surface area contributed by atoms with E-state index in [1.165, 1.54) is 5.56 Å². The molecular weight excluding hydrogens is 232 g/mol. The molecule has 4 heteroatoms. The summed E-state index contributed by atoms with van der Waals surface area (Å²) in [4.78, 5) is 4.33. The molecule has 0 radical (unpaired) electrons. The number of aromatic nitrogens is 1. The normalized spacial score (nSPS) is 16.5. The lowest BCUT2D eigenvalue weighted by atomic mass is 10.1. The number of rotatable bonds is 6. The third-order valence-electron chi connectivity index (χ3n) is 2.76. The molecule has 0 spiro atoms. The minimum atomic E-state index is -0.323. The number of hydrogen-bond acceptors (Lipinski definition) is 4. The predicted octanol–water partition coefficient (Wildman–Crippen LogP) is 2.61. The zero-order valence-electron chi connectivity index (χ0n) is 11.0. The van der Waals surface area contributed by atoms with Crippen molar-refractivity contribution in [2.45, 2.75) is 50.1 Å². The van der Waals surface area contributed by atoms with Crippen molar-refractivity contribution in [1.82, 2.24) is 10.3 Å². The molecule has 0 aromatic carbocycles. The van der Waals surface area contributed by atoms with Crippen molar-refractivity contribution in [3.8, 4) is 0 Å². The van der Waals surface area contributed by atoms with Gasteiger partial charge in [0.2, 0.25) is 0 Å². The first-order chi connectivity index (χ1) is 8.04. The molecule has 17 heavy (non-hydrogen) atoms. The van der Waals surface area contributed by atoms with E-state index in [2.05, 4.69) is 30.2 Å². The summed E-state index contributed by atoms with van der Waals surface area (Å²) in [6.45, 7) is 9.02. The van der Waals surface area contributed by atoms with Crippen LogP contribution < -0.4 is 5.32 Å². The van der Waals surface area contributed by atoms with E-state index in [-0.39, 0.29) is 11.4 Å². The van der Waals surface area contributed by atoms with Gasteiger partial charge in [0.25, 0.3) is 0 Å². The number of nitrogens with one attached hydrogen (secondary N) is 1. The number of aliphatic hydroxyl groups is 1. The second-order valence-electron chi connectivity index (χ2n) is 4.27. The number of nitrogens with zero attached hydrogens (tertiary/aromatic N) is 1. The van der Waals surface area contributed by atoms with Crippen LogP contribution in [0.25, 0.3) is 0 Å². The Hall–Kier alpha value is -0.580. The molecule has 3 nitrogen and oxygen atoms in total. The smallest absolute Gasteiger partial charge is 0.0966 e. The van der Waals surface area contributed by atoms with E-state index in [0.717, 1.165) is 11.6 Å². The third-order valence-corrected chi connectivity index (χ3v) is 3.99. The van der Waals surface area contributed by atoms with E-state index in [4.69, 9.17) is 0 Å². The van der Waals surface area contributed by atoms with Crippen LogP contribution in [0.3, 0.4) is 0 Å². The Morgan fingerprint density at radius 2 is 2.12 bits per heavy atom. The second-order valence-corrected chi connectivity index (χ2v) is 5.67. The number of thioether (sulfide) groups is 1. The lowest BCUT2D eigenvalue weighted by molar-refractivity contribution is 0.196. The van der Waals surface area contributed by atoms with Gasteiger partial charge in [-0.3, -0.25) is 0 Å². The molecule has 0 bridgehead atoms. The minimum Gasteiger partial charge on any atom is -0.392 e. The Kier molecular flexibility index (Phi) is 5.95. The monoisotopic (exact) mass is 254 g/mol. The van der Waals surface area contributed by atoms with E-state index in [1.54, 1.807) is 11.8 Å². The van der Waals surface area contributed by atoms with Crippen molar-refractivity contribution in [1.29, 1.82) is 0 Å². The maximum atomic E-state index is 9.48. The lowest BCUT2D eigenvalue weighted by Crippen LogP contribution is -2.18. The average Bonchev–Trinajstić information content (AvgIpc) is 2.29. The first kappa shape index (κ1) is 14.5. The molecule has 1 aromatic rings. The topological polar surface area (TPSA) is 45.2 Å². The van der Waals surface area contributed by atoms with Crippen molar-refractivity contribution in [3.63, 3.8) is 0 Å². The third kappa shape index (κ3) is 4.66. The standard InChI is InChI=1S/C13H22N2OS/c1-5-14-9(2)12-6-7-15-13(8-12)17-11(4)10(3)16/h6-11,14,16H,5H2,1-4H3. The van der Waals surface area contributed by atoms with Gasteiger partial charge in [-0.25, -0.2) is 4.98 Å². The van der Waals surface area contributed by atoms with Crippen LogP contribution in [0, 0.1) is 0 Å². The van der Waals surface area contributed by atoms with Crippen molar-refractivity contribution in [2.24, 2.45) is 0 Å². The quantitative estimate of drug-likeness (QED) is 0.766. The summed E-state index contributed by atoms with van der Waals surface area (Å²) in [5.74, 6) is 0. The molecule has 0 saturated heterocycles. The molecule has 0 aliphatic heterocycles. The molecule has 1 rings (SSSR count). The van der Waals surface area contributed by atoms with Crippen LogP contribution in [0.2, 0.25) is 0 Å². The molecule has 0 amide bonds. The molecule has 0 aliphatic carbocycles. The zero-order chi connectivity index (χ0) is 12.8. The van der Waals surface area contributed by atoms with Gasteiger partial charge in [-0.1, -0.05) is 13.8 Å². The van der Waals surface area contributed by atoms with Crippen LogP contribution in [-0.2, 0) is 0 Å². The lowest BCUT2D eigenvalue weighted by Gasteiger charge is -2.16. The molecule has 1 heterocycles. The highest BCUT2D eigenvalue weighted by Gasteiger charge is 2.12. The fraction of sp³-hybridized carbons (Fsp3) is 0.615. The van der Waals surface area contributed by atoms with Gasteiger partial charge >= 0.3 is 0 Å². The van der Waals surface area contributed by atoms with Crippen molar-refractivity contribution >= 4 is 11.8 Å². The summed E-state index contributed by atoms with van der Waals surface area (Å²) in [5.41, 5.74) is 1.24. The minimum absolute atomic E-state index is 0.159. The SMILES string of the molecule is CCNC(C)c1ccnc(SC(C)C(C)O)c1. The van der Waals surface area contributed by atoms with Crippen LogP contribution in [0.15, 0.2) is 23.4 Å². The summed E-state index contributed by atoms with van der Waals surface area (Å²) < 4.78 is 0. The van der Waals surface area contributed by atoms with Gasteiger partial charge < -0.3 is 10.4 Å². The van der Waals surface area contributed by atoms with Crippen LogP contribution in [0.4, 0.5) is 0 Å². The van der Waals surface area contributed by atoms with E-state index < -0.39 is 0 Å². The maximum Gasteiger partial charge on any atom is 0.0966 e. The number of aliphatic hydroxyl groups excluding tert-OH is 1. The Labute approximate surface area is 108 Å². The summed E-state index contributed by atoms with van der Waals surface area (Å²) in [5, 5.41) is 14.0. The van der Waals surface area contributed by atoms with Crippen molar-refractivity contribution < 1.29 is 5.11 Å². The Bertz CT molecular complexity index is 344. The zero-order valence-corrected chi connectivity index (χ0v) is 11.8. The van der Waals surface area contributed by atoms with Crippen LogP contribution >= 0.6 is 11.8 Å². The van der Waals surface area contributed by atoms with E-state index >= 15 is 0 Å². The van der Waals surface area contributed by atoms with E-state index in [0.29, 0.717) is 6.04 Å². The molecule has 0 aliphatic rings. The van der Waals surface area contributed by atoms with E-state index in [1.807, 2.05) is 26.1 Å². The average molecular weight is 254 g/mol. The summed E-state index contributed by atoms with van der Waals surface area (Å²) in [6, 6.07) is 4.46. The van der Waals surface area contributed by atoms with Gasteiger partial charge in [0.1, 0.15) is 0 Å². The van der Waals surface area contributed by atoms with Crippen molar-refractivity contribution in [3.05, 3.63) is 23.9 Å². The first-order valence-electron chi connectivity index (χ1n) is 6.08. The number of pyridine rings is 1. The molecule has 0 fully saturated rings. The molecular formula is C13H22N2OS. The first-order valence-corrected chi connectivity index (χ1v) is 6.96. The fourth-order valence-corrected chi connectivity index (χ4v) is 2.38. The van der Waals surface area contributed by atoms with Crippen molar-refractivity contribution in [2.75, 3.05) is 6.54 Å². The molecule has 3 atom stereocenters. The summed E-state index contributed by atoms with van der Waals surface area (Å²) >= 11 is 1.61. The highest BCUT2D eigenvalue weighted by molar-refractivity contribution is 7.99.